The van der Waals surface area contributed by atoms with Crippen molar-refractivity contribution in [2.24, 2.45) is 0 Å². The molecule has 5 heterocycles. The summed E-state index contributed by atoms with van der Waals surface area (Å²) in [5, 5.41) is 15.7. The molecule has 0 N–H and O–H groups in total. The van der Waals surface area contributed by atoms with E-state index in [9.17, 15) is 0 Å². The zero-order valence-corrected chi connectivity index (χ0v) is 63.6. The number of nitrogens with zero attached hydrogens (tertiary/aromatic N) is 5. The lowest BCUT2D eigenvalue weighted by Crippen LogP contribution is -1.99. The Morgan fingerprint density at radius 1 is 0.162 bits per heavy atom. The number of fused-ring (bicyclic) bond motifs is 9. The molecule has 0 radical (unpaired) electrons. The van der Waals surface area contributed by atoms with Gasteiger partial charge < -0.3 is 4.57 Å². The Hall–Kier alpha value is -15.6. The van der Waals surface area contributed by atoms with E-state index in [0.717, 1.165) is 22.9 Å². The van der Waals surface area contributed by atoms with Gasteiger partial charge in [0, 0.05) is 65.9 Å². The fourth-order valence-corrected chi connectivity index (χ4v) is 19.8. The highest BCUT2D eigenvalue weighted by molar-refractivity contribution is 6.36. The summed E-state index contributed by atoms with van der Waals surface area (Å²) in [4.78, 5) is 10.0. The molecule has 0 saturated carbocycles. The molecule has 3 aliphatic rings. The lowest BCUT2D eigenvalue weighted by Gasteiger charge is -2.16. The van der Waals surface area contributed by atoms with Crippen LogP contribution in [0.2, 0.25) is 0 Å². The second-order valence-electron chi connectivity index (χ2n) is 30.8. The Morgan fingerprint density at radius 3 is 0.863 bits per heavy atom. The van der Waals surface area contributed by atoms with Crippen molar-refractivity contribution >= 4 is 97.7 Å². The van der Waals surface area contributed by atoms with E-state index in [4.69, 9.17) is 9.97 Å². The van der Waals surface area contributed by atoms with Gasteiger partial charge in [0.15, 0.2) is 0 Å². The molecule has 5 aromatic heterocycles. The van der Waals surface area contributed by atoms with Crippen molar-refractivity contribution in [1.29, 1.82) is 0 Å². The van der Waals surface area contributed by atoms with Gasteiger partial charge in [-0.25, -0.2) is 9.97 Å². The van der Waals surface area contributed by atoms with E-state index in [1.54, 1.807) is 0 Å². The molecule has 5 nitrogen and oxygen atoms in total. The van der Waals surface area contributed by atoms with Gasteiger partial charge in [0.05, 0.1) is 38.8 Å². The predicted molar refractivity (Wildman–Crippen MR) is 491 cm³/mol. The molecule has 0 spiro atoms. The first-order chi connectivity index (χ1) is 58.1. The zero-order chi connectivity index (χ0) is 76.8. The Balaban J connectivity index is 0.000000101. The second kappa shape index (κ2) is 26.5. The molecule has 3 aliphatic carbocycles. The molecule has 0 bridgehead atoms. The van der Waals surface area contributed by atoms with Gasteiger partial charge in [0.1, 0.15) is 11.6 Å². The first kappa shape index (κ1) is 66.1. The van der Waals surface area contributed by atoms with Crippen molar-refractivity contribution < 1.29 is 0 Å². The van der Waals surface area contributed by atoms with Crippen molar-refractivity contribution in [2.75, 3.05) is 0 Å². The molecule has 18 aromatic carbocycles. The van der Waals surface area contributed by atoms with Gasteiger partial charge in [-0.15, -0.1) is 0 Å². The van der Waals surface area contributed by atoms with Crippen LogP contribution in [0.1, 0.15) is 0 Å². The summed E-state index contributed by atoms with van der Waals surface area (Å²) in [7, 11) is 0. The number of hydrogen-bond acceptors (Lipinski definition) is 2. The molecule has 0 unspecified atom stereocenters. The smallest absolute Gasteiger partial charge is 0.138 e. The number of pyridine rings is 2. The van der Waals surface area contributed by atoms with Crippen molar-refractivity contribution in [1.82, 2.24) is 23.7 Å². The molecular weight excluding hydrogens is 1420 g/mol. The van der Waals surface area contributed by atoms with Gasteiger partial charge in [-0.05, 0) is 200 Å². The molecule has 117 heavy (non-hydrogen) atoms. The third kappa shape index (κ3) is 10.2. The number of aromatic nitrogens is 5. The van der Waals surface area contributed by atoms with E-state index >= 15 is 0 Å². The van der Waals surface area contributed by atoms with Gasteiger partial charge >= 0.3 is 0 Å². The molecule has 0 atom stereocenters. The maximum Gasteiger partial charge on any atom is 0.138 e. The molecule has 0 amide bonds. The Labute approximate surface area is 675 Å². The lowest BCUT2D eigenvalue weighted by atomic mass is 9.90. The molecule has 5 heteroatoms. The van der Waals surface area contributed by atoms with Crippen LogP contribution in [0.5, 0.6) is 0 Å². The second-order valence-corrected chi connectivity index (χ2v) is 30.8. The molecule has 0 aliphatic heterocycles. The quantitative estimate of drug-likeness (QED) is 0.152. The third-order valence-electron chi connectivity index (χ3n) is 24.6. The Morgan fingerprint density at radius 2 is 0.462 bits per heavy atom. The highest BCUT2D eigenvalue weighted by Crippen LogP contribution is 2.56. The maximum atomic E-state index is 5.25. The predicted octanol–water partition coefficient (Wildman–Crippen LogP) is 29.9. The van der Waals surface area contributed by atoms with Crippen LogP contribution in [-0.2, 0) is 0 Å². The van der Waals surface area contributed by atoms with Crippen molar-refractivity contribution in [3.63, 3.8) is 0 Å². The van der Waals surface area contributed by atoms with Crippen LogP contribution in [0.25, 0.3) is 238 Å². The summed E-state index contributed by atoms with van der Waals surface area (Å²) in [6.07, 6.45) is 1.88. The van der Waals surface area contributed by atoms with E-state index in [1.165, 1.54) is 215 Å². The Bertz CT molecular complexity index is 7660. The van der Waals surface area contributed by atoms with E-state index in [-0.39, 0.29) is 0 Å². The molecule has 0 saturated heterocycles. The van der Waals surface area contributed by atoms with Gasteiger partial charge in [-0.2, -0.15) is 0 Å². The maximum absolute atomic E-state index is 5.25. The summed E-state index contributed by atoms with van der Waals surface area (Å²) in [6.45, 7) is 0. The lowest BCUT2D eigenvalue weighted by molar-refractivity contribution is 1.08. The minimum Gasteiger partial charge on any atom is -0.309 e. The highest BCUT2D eigenvalue weighted by Gasteiger charge is 2.31. The van der Waals surface area contributed by atoms with Crippen LogP contribution < -0.4 is 0 Å². The van der Waals surface area contributed by atoms with E-state index in [1.807, 2.05) is 18.3 Å². The van der Waals surface area contributed by atoms with Crippen molar-refractivity contribution in [3.05, 3.63) is 419 Å². The molecule has 0 fully saturated rings. The van der Waals surface area contributed by atoms with Crippen molar-refractivity contribution in [2.45, 2.75) is 0 Å². The number of rotatable bonds is 8. The SMILES string of the molecule is c1ccc(-c2cc3c4c5c(cccc25)-c2ccccc2-c2cccc(c24)n3-c2ccccn2)cc1.c1ccc(-c2cccc(-n3c4cccc5c4c4c6c(cccc6c(-c6ccccc6)cc43)-c3ccccc3-5)c2)cc1.c1ccc(-c2cccc(-n3c4cccc5c4c4c6c(cccc6c(-c6ccccc6)cc43)-c3ccccc3-5)n2)cc1. The minimum absolute atomic E-state index is 0.924. The van der Waals surface area contributed by atoms with Crippen LogP contribution in [0.3, 0.4) is 0 Å². The average Bonchev–Trinajstić information content (AvgIpc) is 1.52. The summed E-state index contributed by atoms with van der Waals surface area (Å²) < 4.78 is 7.19. The molecule has 23 aromatic rings. The third-order valence-corrected chi connectivity index (χ3v) is 24.6. The molecular formula is C112H69N5. The summed E-state index contributed by atoms with van der Waals surface area (Å²) in [5.74, 6) is 1.86. The largest absolute Gasteiger partial charge is 0.309 e. The minimum atomic E-state index is 0.924. The summed E-state index contributed by atoms with van der Waals surface area (Å²) in [5.41, 5.74) is 35.8. The van der Waals surface area contributed by atoms with Crippen LogP contribution in [0.4, 0.5) is 0 Å². The first-order valence-corrected chi connectivity index (χ1v) is 40.3. The molecule has 26 rings (SSSR count). The van der Waals surface area contributed by atoms with Crippen LogP contribution in [0, 0.1) is 0 Å². The van der Waals surface area contributed by atoms with Gasteiger partial charge in [0.2, 0.25) is 0 Å². The van der Waals surface area contributed by atoms with Gasteiger partial charge in [-0.1, -0.05) is 340 Å². The fraction of sp³-hybridized carbons (Fsp3) is 0. The summed E-state index contributed by atoms with van der Waals surface area (Å²) >= 11 is 0. The standard InChI is InChI=1S/C40H25N.C39H24N2.C33H20N2/c1-3-12-26(13-4-1)28-16-9-17-29(24-28)41-36-23-11-22-33-31-19-8-7-18-30(31)32-20-10-21-34-35(27-14-5-2-6-15-27)25-37(41)40(38(32)34)39(33)36;1-3-12-25(13-4-1)32-24-35-39-37-29(18-9-19-31(32)37)27-16-7-8-17-28(27)30-20-10-22-34(38(30)39)41(35)36-23-11-21-33(40-36)26-14-5-2-6-15-26;1-2-10-21(11-3-1)27-20-29-33-31-24(14-8-15-26(27)31)22-12-4-5-13-23(22)25-16-9-17-28(32(25)33)35(29)30-18-6-7-19-34-30/h1-25H;1-24H;1-20H. The average molecular weight is 1480 g/mol. The number of benzene rings is 18. The van der Waals surface area contributed by atoms with Crippen molar-refractivity contribution in [3.8, 4) is 140 Å². The van der Waals surface area contributed by atoms with Crippen LogP contribution in [0.15, 0.2) is 419 Å². The fourth-order valence-electron chi connectivity index (χ4n) is 19.8. The Kier molecular flexibility index (Phi) is 15.0. The van der Waals surface area contributed by atoms with Gasteiger partial charge in [-0.3, -0.25) is 9.13 Å². The van der Waals surface area contributed by atoms with Crippen LogP contribution in [-0.4, -0.2) is 23.7 Å². The summed E-state index contributed by atoms with van der Waals surface area (Å²) in [6, 6.07) is 149. The van der Waals surface area contributed by atoms with E-state index in [2.05, 4.69) is 414 Å². The van der Waals surface area contributed by atoms with Gasteiger partial charge in [0.25, 0.3) is 0 Å². The highest BCUT2D eigenvalue weighted by atomic mass is 15.1. The zero-order valence-electron chi connectivity index (χ0n) is 63.6. The number of hydrogen-bond donors (Lipinski definition) is 0. The van der Waals surface area contributed by atoms with E-state index < -0.39 is 0 Å². The first-order valence-electron chi connectivity index (χ1n) is 40.3. The van der Waals surface area contributed by atoms with Crippen LogP contribution >= 0.6 is 0 Å². The van der Waals surface area contributed by atoms with E-state index in [0.29, 0.717) is 0 Å². The molecule has 542 valence electrons. The normalized spacial score (nSPS) is 11.9. The topological polar surface area (TPSA) is 40.6 Å². The monoisotopic (exact) mass is 1480 g/mol.